The van der Waals surface area contributed by atoms with Crippen LogP contribution in [0.5, 0.6) is 0 Å². The number of hydrogen-bond donors (Lipinski definition) is 2. The molecule has 0 aliphatic rings. The summed E-state index contributed by atoms with van der Waals surface area (Å²) in [6.45, 7) is 7.88. The summed E-state index contributed by atoms with van der Waals surface area (Å²) in [5, 5.41) is 11.5. The van der Waals surface area contributed by atoms with Crippen LogP contribution in [0.4, 0.5) is 0 Å². The first-order chi connectivity index (χ1) is 7.80. The van der Waals surface area contributed by atoms with Crippen LogP contribution < -0.4 is 5.32 Å². The van der Waals surface area contributed by atoms with Crippen molar-refractivity contribution in [1.82, 2.24) is 5.32 Å². The fourth-order valence-corrected chi connectivity index (χ4v) is 1.75. The highest BCUT2D eigenvalue weighted by molar-refractivity contribution is 5.77. The molecule has 0 aromatic heterocycles. The van der Waals surface area contributed by atoms with Gasteiger partial charge in [-0.3, -0.25) is 9.59 Å². The summed E-state index contributed by atoms with van der Waals surface area (Å²) < 4.78 is 0. The Labute approximate surface area is 104 Å². The second kappa shape index (κ2) is 7.30. The zero-order valence-electron chi connectivity index (χ0n) is 11.4. The lowest BCUT2D eigenvalue weighted by Gasteiger charge is -2.26. The van der Waals surface area contributed by atoms with Crippen LogP contribution in [0.25, 0.3) is 0 Å². The normalized spacial score (nSPS) is 11.6. The lowest BCUT2D eigenvalue weighted by atomic mass is 9.95. The highest BCUT2D eigenvalue weighted by atomic mass is 16.4. The largest absolute Gasteiger partial charge is 0.481 e. The third kappa shape index (κ3) is 7.77. The number of carboxylic acids is 1. The van der Waals surface area contributed by atoms with Crippen LogP contribution in [-0.2, 0) is 9.59 Å². The first kappa shape index (κ1) is 15.9. The van der Waals surface area contributed by atoms with Gasteiger partial charge in [0.15, 0.2) is 0 Å². The van der Waals surface area contributed by atoms with E-state index in [2.05, 4.69) is 19.2 Å². The van der Waals surface area contributed by atoms with Crippen molar-refractivity contribution in [1.29, 1.82) is 0 Å². The van der Waals surface area contributed by atoms with Gasteiger partial charge in [-0.15, -0.1) is 0 Å². The molecule has 0 radical (unpaired) electrons. The molecule has 4 nitrogen and oxygen atoms in total. The molecule has 0 unspecified atom stereocenters. The predicted molar refractivity (Wildman–Crippen MR) is 67.8 cm³/mol. The molecule has 17 heavy (non-hydrogen) atoms. The van der Waals surface area contributed by atoms with E-state index in [-0.39, 0.29) is 12.3 Å². The zero-order chi connectivity index (χ0) is 13.5. The fourth-order valence-electron chi connectivity index (χ4n) is 1.75. The first-order valence-corrected chi connectivity index (χ1v) is 6.33. The summed E-state index contributed by atoms with van der Waals surface area (Å²) in [5.41, 5.74) is -0.443. The molecule has 0 saturated carbocycles. The van der Waals surface area contributed by atoms with Crippen molar-refractivity contribution in [3.8, 4) is 0 Å². The average Bonchev–Trinajstić information content (AvgIpc) is 2.22. The van der Waals surface area contributed by atoms with Gasteiger partial charge in [0.25, 0.3) is 0 Å². The Bertz CT molecular complexity index is 257. The Morgan fingerprint density at radius 3 is 2.18 bits per heavy atom. The first-order valence-electron chi connectivity index (χ1n) is 6.33. The fraction of sp³-hybridized carbons (Fsp3) is 0.846. The minimum Gasteiger partial charge on any atom is -0.481 e. The van der Waals surface area contributed by atoms with Crippen molar-refractivity contribution < 1.29 is 14.7 Å². The van der Waals surface area contributed by atoms with Crippen LogP contribution in [-0.4, -0.2) is 22.5 Å². The maximum atomic E-state index is 11.8. The molecule has 0 aliphatic carbocycles. The van der Waals surface area contributed by atoms with E-state index in [0.29, 0.717) is 18.8 Å². The number of carboxylic acid groups (broad SMARTS) is 1. The SMILES string of the molecule is CCC(CC)CC(=O)NC(C)(C)CCC(=O)O. The summed E-state index contributed by atoms with van der Waals surface area (Å²) in [6.07, 6.45) is 3.07. The Kier molecular flexibility index (Phi) is 6.85. The molecule has 0 bridgehead atoms. The highest BCUT2D eigenvalue weighted by Crippen LogP contribution is 2.15. The van der Waals surface area contributed by atoms with E-state index in [1.807, 2.05) is 13.8 Å². The summed E-state index contributed by atoms with van der Waals surface area (Å²) in [5.74, 6) is -0.383. The van der Waals surface area contributed by atoms with E-state index in [1.54, 1.807) is 0 Å². The third-order valence-electron chi connectivity index (χ3n) is 3.07. The molecule has 0 spiro atoms. The van der Waals surface area contributed by atoms with Crippen molar-refractivity contribution in [2.45, 2.75) is 65.3 Å². The predicted octanol–water partition coefficient (Wildman–Crippen LogP) is 2.57. The van der Waals surface area contributed by atoms with E-state index < -0.39 is 11.5 Å². The van der Waals surface area contributed by atoms with Crippen LogP contribution in [0, 0.1) is 5.92 Å². The summed E-state index contributed by atoms with van der Waals surface area (Å²) in [4.78, 5) is 22.3. The van der Waals surface area contributed by atoms with Gasteiger partial charge in [-0.05, 0) is 26.2 Å². The van der Waals surface area contributed by atoms with Crippen LogP contribution in [0.15, 0.2) is 0 Å². The molecule has 0 aromatic carbocycles. The van der Waals surface area contributed by atoms with E-state index in [4.69, 9.17) is 5.11 Å². The van der Waals surface area contributed by atoms with Crippen molar-refractivity contribution >= 4 is 11.9 Å². The average molecular weight is 243 g/mol. The van der Waals surface area contributed by atoms with Crippen molar-refractivity contribution in [3.05, 3.63) is 0 Å². The van der Waals surface area contributed by atoms with E-state index in [1.165, 1.54) is 0 Å². The van der Waals surface area contributed by atoms with Gasteiger partial charge in [0.2, 0.25) is 5.91 Å². The minimum absolute atomic E-state index is 0.0223. The third-order valence-corrected chi connectivity index (χ3v) is 3.07. The summed E-state index contributed by atoms with van der Waals surface area (Å²) in [7, 11) is 0. The molecule has 100 valence electrons. The van der Waals surface area contributed by atoms with Gasteiger partial charge in [-0.1, -0.05) is 26.7 Å². The molecule has 0 aromatic rings. The van der Waals surface area contributed by atoms with Gasteiger partial charge >= 0.3 is 5.97 Å². The van der Waals surface area contributed by atoms with Gasteiger partial charge in [0, 0.05) is 18.4 Å². The van der Waals surface area contributed by atoms with Crippen molar-refractivity contribution in [2.24, 2.45) is 5.92 Å². The number of carbonyl (C=O) groups excluding carboxylic acids is 1. The Hall–Kier alpha value is -1.06. The molecule has 2 N–H and O–H groups in total. The topological polar surface area (TPSA) is 66.4 Å². The Morgan fingerprint density at radius 1 is 1.24 bits per heavy atom. The minimum atomic E-state index is -0.827. The second-order valence-electron chi connectivity index (χ2n) is 5.21. The smallest absolute Gasteiger partial charge is 0.303 e. The molecular weight excluding hydrogens is 218 g/mol. The summed E-state index contributed by atoms with van der Waals surface area (Å²) >= 11 is 0. The molecule has 4 heteroatoms. The Balaban J connectivity index is 4.12. The van der Waals surface area contributed by atoms with Crippen LogP contribution >= 0.6 is 0 Å². The van der Waals surface area contributed by atoms with Gasteiger partial charge in [0.05, 0.1) is 0 Å². The van der Waals surface area contributed by atoms with E-state index >= 15 is 0 Å². The van der Waals surface area contributed by atoms with Gasteiger partial charge in [0.1, 0.15) is 0 Å². The van der Waals surface area contributed by atoms with Crippen molar-refractivity contribution in [2.75, 3.05) is 0 Å². The summed E-state index contributed by atoms with van der Waals surface area (Å²) in [6, 6.07) is 0. The maximum absolute atomic E-state index is 11.8. The maximum Gasteiger partial charge on any atom is 0.303 e. The van der Waals surface area contributed by atoms with Crippen molar-refractivity contribution in [3.63, 3.8) is 0 Å². The molecule has 0 heterocycles. The molecule has 0 saturated heterocycles. The number of aliphatic carboxylic acids is 1. The van der Waals surface area contributed by atoms with E-state index in [0.717, 1.165) is 12.8 Å². The Morgan fingerprint density at radius 2 is 1.76 bits per heavy atom. The lowest BCUT2D eigenvalue weighted by Crippen LogP contribution is -2.44. The molecular formula is C13H25NO3. The zero-order valence-corrected chi connectivity index (χ0v) is 11.4. The lowest BCUT2D eigenvalue weighted by molar-refractivity contribution is -0.137. The highest BCUT2D eigenvalue weighted by Gasteiger charge is 2.22. The number of nitrogens with one attached hydrogen (secondary N) is 1. The van der Waals surface area contributed by atoms with Gasteiger partial charge in [-0.2, -0.15) is 0 Å². The molecule has 0 atom stereocenters. The number of hydrogen-bond acceptors (Lipinski definition) is 2. The number of amides is 1. The molecule has 0 aliphatic heterocycles. The second-order valence-corrected chi connectivity index (χ2v) is 5.21. The van der Waals surface area contributed by atoms with Crippen LogP contribution in [0.3, 0.4) is 0 Å². The molecule has 1 amide bonds. The number of carbonyl (C=O) groups is 2. The molecule has 0 rings (SSSR count). The quantitative estimate of drug-likeness (QED) is 0.688. The standard InChI is InChI=1S/C13H25NO3/c1-5-10(6-2)9-11(15)14-13(3,4)8-7-12(16)17/h10H,5-9H2,1-4H3,(H,14,15)(H,16,17). The van der Waals surface area contributed by atoms with Gasteiger partial charge in [-0.25, -0.2) is 0 Å². The monoisotopic (exact) mass is 243 g/mol. The molecule has 0 fully saturated rings. The van der Waals surface area contributed by atoms with Gasteiger partial charge < -0.3 is 10.4 Å². The van der Waals surface area contributed by atoms with Crippen LogP contribution in [0.2, 0.25) is 0 Å². The van der Waals surface area contributed by atoms with Crippen LogP contribution in [0.1, 0.15) is 59.8 Å². The van der Waals surface area contributed by atoms with E-state index in [9.17, 15) is 9.59 Å². The number of rotatable bonds is 8.